The van der Waals surface area contributed by atoms with E-state index in [9.17, 15) is 9.59 Å². The summed E-state index contributed by atoms with van der Waals surface area (Å²) in [7, 11) is -0.632. The van der Waals surface area contributed by atoms with Crippen molar-refractivity contribution in [3.63, 3.8) is 0 Å². The molecule has 3 rings (SSSR count). The Bertz CT molecular complexity index is 1070. The highest BCUT2D eigenvalue weighted by atomic mass is 32.3. The number of hydrogen-bond acceptors (Lipinski definition) is 6. The number of rotatable bonds is 9. The second kappa shape index (κ2) is 10.2. The number of fused-ring (bicyclic) bond motifs is 1. The number of carbonyl (C=O) groups excluding carboxylic acids is 1. The fourth-order valence-corrected chi connectivity index (χ4v) is 4.46. The summed E-state index contributed by atoms with van der Waals surface area (Å²) >= 11 is 1.47. The normalized spacial score (nSPS) is 12.1. The van der Waals surface area contributed by atoms with Gasteiger partial charge in [0.15, 0.2) is 0 Å². The Morgan fingerprint density at radius 1 is 1.03 bits per heavy atom. The third kappa shape index (κ3) is 6.64. The van der Waals surface area contributed by atoms with Crippen molar-refractivity contribution in [1.29, 1.82) is 0 Å². The fourth-order valence-electron chi connectivity index (χ4n) is 2.91. The van der Waals surface area contributed by atoms with E-state index in [1.54, 1.807) is 6.07 Å². The Balaban J connectivity index is 1.54. The van der Waals surface area contributed by atoms with Gasteiger partial charge in [-0.05, 0) is 62.3 Å². The number of aromatic nitrogens is 2. The molecule has 0 aliphatic rings. The molecular formula is C23H28N2O3S2. The Morgan fingerprint density at radius 2 is 1.83 bits per heavy atom. The number of esters is 1. The molecule has 0 atom stereocenters. The van der Waals surface area contributed by atoms with Crippen LogP contribution >= 0.6 is 21.4 Å². The van der Waals surface area contributed by atoms with Gasteiger partial charge in [-0.3, -0.25) is 14.6 Å². The smallest absolute Gasteiger partial charge is 0.305 e. The molecule has 0 saturated heterocycles. The quantitative estimate of drug-likeness (QED) is 0.354. The van der Waals surface area contributed by atoms with E-state index in [0.717, 1.165) is 35.4 Å². The Kier molecular flexibility index (Phi) is 7.61. The maximum Gasteiger partial charge on any atom is 0.305 e. The second-order valence-corrected chi connectivity index (χ2v) is 13.7. The average molecular weight is 445 g/mol. The van der Waals surface area contributed by atoms with Crippen LogP contribution in [0.3, 0.4) is 0 Å². The Labute approximate surface area is 182 Å². The SMILES string of the molecule is CS(C)(C)CCOC(=O)CCCCc1cccc(-c2nc(=O)c3ccccc3s2)n1. The first-order valence-electron chi connectivity index (χ1n) is 10.00. The number of pyridine rings is 1. The molecule has 0 aliphatic heterocycles. The van der Waals surface area contributed by atoms with Crippen LogP contribution in [0.15, 0.2) is 47.3 Å². The van der Waals surface area contributed by atoms with Crippen LogP contribution in [0.5, 0.6) is 0 Å². The molecule has 2 aromatic heterocycles. The zero-order valence-electron chi connectivity index (χ0n) is 17.7. The molecule has 160 valence electrons. The van der Waals surface area contributed by atoms with Crippen molar-refractivity contribution in [2.45, 2.75) is 25.7 Å². The van der Waals surface area contributed by atoms with Gasteiger partial charge in [0.05, 0.1) is 17.7 Å². The van der Waals surface area contributed by atoms with E-state index < -0.39 is 10.0 Å². The fraction of sp³-hybridized carbons (Fsp3) is 0.391. The minimum Gasteiger partial charge on any atom is -0.465 e. The molecule has 0 unspecified atom stereocenters. The molecule has 0 spiro atoms. The van der Waals surface area contributed by atoms with Gasteiger partial charge in [0.1, 0.15) is 5.01 Å². The van der Waals surface area contributed by atoms with Crippen molar-refractivity contribution < 1.29 is 9.53 Å². The van der Waals surface area contributed by atoms with Crippen molar-refractivity contribution in [2.75, 3.05) is 31.1 Å². The molecule has 7 heteroatoms. The molecule has 0 N–H and O–H groups in total. The van der Waals surface area contributed by atoms with Gasteiger partial charge in [-0.1, -0.05) is 18.2 Å². The van der Waals surface area contributed by atoms with Crippen molar-refractivity contribution >= 4 is 37.4 Å². The van der Waals surface area contributed by atoms with Crippen LogP contribution in [0, 0.1) is 0 Å². The van der Waals surface area contributed by atoms with Gasteiger partial charge in [-0.25, -0.2) is 10.0 Å². The van der Waals surface area contributed by atoms with Crippen molar-refractivity contribution in [1.82, 2.24) is 9.97 Å². The van der Waals surface area contributed by atoms with E-state index in [-0.39, 0.29) is 11.5 Å². The molecule has 0 bridgehead atoms. The first-order chi connectivity index (χ1) is 14.3. The van der Waals surface area contributed by atoms with Crippen LogP contribution in [0.4, 0.5) is 0 Å². The van der Waals surface area contributed by atoms with Crippen LogP contribution in [-0.4, -0.2) is 47.1 Å². The van der Waals surface area contributed by atoms with Crippen LogP contribution in [-0.2, 0) is 16.0 Å². The number of nitrogens with zero attached hydrogens (tertiary/aromatic N) is 2. The summed E-state index contributed by atoms with van der Waals surface area (Å²) < 4.78 is 6.23. The molecule has 0 radical (unpaired) electrons. The highest BCUT2D eigenvalue weighted by Crippen LogP contribution is 2.33. The molecule has 0 amide bonds. The lowest BCUT2D eigenvalue weighted by molar-refractivity contribution is -0.143. The number of ether oxygens (including phenoxy) is 1. The number of benzene rings is 1. The largest absolute Gasteiger partial charge is 0.465 e. The first-order valence-corrected chi connectivity index (χ1v) is 13.8. The van der Waals surface area contributed by atoms with Gasteiger partial charge < -0.3 is 4.74 Å². The topological polar surface area (TPSA) is 69.2 Å². The summed E-state index contributed by atoms with van der Waals surface area (Å²) in [5.74, 6) is 0.829. The van der Waals surface area contributed by atoms with Crippen LogP contribution < -0.4 is 5.56 Å². The van der Waals surface area contributed by atoms with Gasteiger partial charge in [-0.15, -0.1) is 11.3 Å². The van der Waals surface area contributed by atoms with E-state index in [1.807, 2.05) is 36.4 Å². The number of aryl methyl sites for hydroxylation is 1. The standard InChI is InChI=1S/C23H28N2O3S2/c1-30(2,3)16-15-28-21(26)14-7-4-9-17-10-8-12-19(24-17)23-25-22(27)18-11-5-6-13-20(18)29-23/h5-6,8,10-13H,4,7,9,14-16H2,1-3H3. The van der Waals surface area contributed by atoms with Crippen LogP contribution in [0.25, 0.3) is 20.8 Å². The summed E-state index contributed by atoms with van der Waals surface area (Å²) in [6.07, 6.45) is 9.49. The lowest BCUT2D eigenvalue weighted by Gasteiger charge is -2.24. The van der Waals surface area contributed by atoms with Crippen LogP contribution in [0.1, 0.15) is 25.0 Å². The summed E-state index contributed by atoms with van der Waals surface area (Å²) in [4.78, 5) is 33.0. The van der Waals surface area contributed by atoms with Crippen molar-refractivity contribution in [3.8, 4) is 10.7 Å². The molecule has 2 heterocycles. The maximum atomic E-state index is 12.3. The van der Waals surface area contributed by atoms with E-state index in [0.29, 0.717) is 29.1 Å². The molecule has 0 aliphatic carbocycles. The Morgan fingerprint density at radius 3 is 2.63 bits per heavy atom. The zero-order valence-corrected chi connectivity index (χ0v) is 19.4. The number of hydrogen-bond donors (Lipinski definition) is 0. The number of unbranched alkanes of at least 4 members (excludes halogenated alkanes) is 1. The van der Waals surface area contributed by atoms with Gasteiger partial charge in [0.2, 0.25) is 0 Å². The van der Waals surface area contributed by atoms with E-state index in [4.69, 9.17) is 4.74 Å². The van der Waals surface area contributed by atoms with Gasteiger partial charge >= 0.3 is 5.97 Å². The third-order valence-electron chi connectivity index (χ3n) is 4.58. The van der Waals surface area contributed by atoms with E-state index in [2.05, 4.69) is 28.7 Å². The van der Waals surface area contributed by atoms with Crippen molar-refractivity contribution in [3.05, 3.63) is 58.5 Å². The predicted molar refractivity (Wildman–Crippen MR) is 128 cm³/mol. The van der Waals surface area contributed by atoms with Crippen molar-refractivity contribution in [2.24, 2.45) is 0 Å². The molecule has 0 fully saturated rings. The zero-order chi connectivity index (χ0) is 21.6. The highest BCUT2D eigenvalue weighted by Gasteiger charge is 2.10. The first kappa shape index (κ1) is 22.4. The maximum absolute atomic E-state index is 12.3. The summed E-state index contributed by atoms with van der Waals surface area (Å²) in [5, 5.41) is 1.27. The van der Waals surface area contributed by atoms with Gasteiger partial charge in [0.25, 0.3) is 5.56 Å². The van der Waals surface area contributed by atoms with E-state index >= 15 is 0 Å². The van der Waals surface area contributed by atoms with Gasteiger partial charge in [0, 0.05) is 22.6 Å². The minimum absolute atomic E-state index is 0.120. The molecule has 30 heavy (non-hydrogen) atoms. The molecular weight excluding hydrogens is 416 g/mol. The average Bonchev–Trinajstić information content (AvgIpc) is 2.70. The molecule has 3 aromatic rings. The second-order valence-electron chi connectivity index (χ2n) is 8.06. The summed E-state index contributed by atoms with van der Waals surface area (Å²) in [6, 6.07) is 13.3. The molecule has 5 nitrogen and oxygen atoms in total. The summed E-state index contributed by atoms with van der Waals surface area (Å²) in [6.45, 7) is 0.517. The molecule has 0 saturated carbocycles. The monoisotopic (exact) mass is 444 g/mol. The number of carbonyl (C=O) groups is 1. The third-order valence-corrected chi connectivity index (χ3v) is 7.04. The molecule has 1 aromatic carbocycles. The predicted octanol–water partition coefficient (Wildman–Crippen LogP) is 4.67. The Hall–Kier alpha value is -2.25. The van der Waals surface area contributed by atoms with Crippen LogP contribution in [0.2, 0.25) is 0 Å². The van der Waals surface area contributed by atoms with Gasteiger partial charge in [-0.2, -0.15) is 4.98 Å². The lowest BCUT2D eigenvalue weighted by Crippen LogP contribution is -2.11. The summed E-state index contributed by atoms with van der Waals surface area (Å²) in [5.41, 5.74) is 1.43. The van der Waals surface area contributed by atoms with E-state index in [1.165, 1.54) is 11.3 Å². The lowest BCUT2D eigenvalue weighted by atomic mass is 10.1. The minimum atomic E-state index is -0.632. The highest BCUT2D eigenvalue weighted by molar-refractivity contribution is 8.32.